The molecule has 1 aromatic rings. The summed E-state index contributed by atoms with van der Waals surface area (Å²) in [5.41, 5.74) is 0. The molecule has 0 bridgehead atoms. The maximum absolute atomic E-state index is 12.3. The van der Waals surface area contributed by atoms with Crippen molar-refractivity contribution in [2.45, 2.75) is 37.2 Å². The third kappa shape index (κ3) is 4.77. The largest absolute Gasteiger partial charge is 0.317 e. The maximum atomic E-state index is 12.3. The molecule has 7 nitrogen and oxygen atoms in total. The average Bonchev–Trinajstić information content (AvgIpc) is 3.04. The summed E-state index contributed by atoms with van der Waals surface area (Å²) in [5, 5.41) is 7.36. The van der Waals surface area contributed by atoms with Gasteiger partial charge in [0.05, 0.1) is 6.20 Å². The number of aromatic nitrogens is 2. The summed E-state index contributed by atoms with van der Waals surface area (Å²) in [4.78, 5) is 2.37. The number of aryl methyl sites for hydroxylation is 1. The van der Waals surface area contributed by atoms with Gasteiger partial charge in [0, 0.05) is 25.3 Å². The zero-order valence-electron chi connectivity index (χ0n) is 12.7. The van der Waals surface area contributed by atoms with Crippen LogP contribution in [-0.4, -0.2) is 62.4 Å². The minimum atomic E-state index is -3.46. The van der Waals surface area contributed by atoms with Crippen LogP contribution in [0.15, 0.2) is 17.3 Å². The van der Waals surface area contributed by atoms with E-state index in [-0.39, 0.29) is 10.9 Å². The van der Waals surface area contributed by atoms with Gasteiger partial charge in [-0.3, -0.25) is 4.68 Å². The molecule has 8 heteroatoms. The van der Waals surface area contributed by atoms with Crippen LogP contribution in [0.3, 0.4) is 0 Å². The van der Waals surface area contributed by atoms with Crippen LogP contribution in [0.25, 0.3) is 0 Å². The normalized spacial score (nSPS) is 20.2. The van der Waals surface area contributed by atoms with Gasteiger partial charge in [-0.15, -0.1) is 0 Å². The Kier molecular flexibility index (Phi) is 5.74. The van der Waals surface area contributed by atoms with Crippen molar-refractivity contribution < 1.29 is 8.42 Å². The summed E-state index contributed by atoms with van der Waals surface area (Å²) in [7, 11) is -1.46. The highest BCUT2D eigenvalue weighted by Gasteiger charge is 2.26. The summed E-state index contributed by atoms with van der Waals surface area (Å²) in [5.74, 6) is 0. The number of hydrogen-bond donors (Lipinski definition) is 2. The van der Waals surface area contributed by atoms with Gasteiger partial charge in [-0.05, 0) is 39.5 Å². The first-order chi connectivity index (χ1) is 10.0. The number of rotatable bonds is 8. The van der Waals surface area contributed by atoms with E-state index in [4.69, 9.17) is 0 Å². The summed E-state index contributed by atoms with van der Waals surface area (Å²) in [6.45, 7) is 6.32. The van der Waals surface area contributed by atoms with E-state index < -0.39 is 10.0 Å². The Hall–Kier alpha value is -0.960. The van der Waals surface area contributed by atoms with E-state index in [0.717, 1.165) is 39.0 Å². The molecule has 21 heavy (non-hydrogen) atoms. The van der Waals surface area contributed by atoms with Gasteiger partial charge >= 0.3 is 0 Å². The zero-order valence-corrected chi connectivity index (χ0v) is 13.6. The SMILES string of the molecule is CCNCCCn1cc(S(=O)(=O)NC2CCN(C)C2)cn1. The minimum absolute atomic E-state index is 0.00268. The number of likely N-dealkylation sites (N-methyl/N-ethyl adjacent to an activating group) is 1. The molecule has 1 aliphatic rings. The molecule has 1 fully saturated rings. The van der Waals surface area contributed by atoms with Crippen molar-refractivity contribution in [2.24, 2.45) is 0 Å². The lowest BCUT2D eigenvalue weighted by Crippen LogP contribution is -2.36. The van der Waals surface area contributed by atoms with Crippen molar-refractivity contribution >= 4 is 10.0 Å². The molecule has 2 rings (SSSR count). The first-order valence-corrected chi connectivity index (χ1v) is 8.93. The molecule has 1 aromatic heterocycles. The van der Waals surface area contributed by atoms with Crippen LogP contribution in [0.2, 0.25) is 0 Å². The van der Waals surface area contributed by atoms with Crippen molar-refractivity contribution in [2.75, 3.05) is 33.2 Å². The first kappa shape index (κ1) is 16.4. The second-order valence-corrected chi connectivity index (χ2v) is 7.23. The van der Waals surface area contributed by atoms with Crippen molar-refractivity contribution in [3.05, 3.63) is 12.4 Å². The standard InChI is InChI=1S/C13H25N5O2S/c1-3-14-6-4-7-18-11-13(9-15-18)21(19,20)16-12-5-8-17(2)10-12/h9,11-12,14,16H,3-8,10H2,1-2H3. The molecule has 1 unspecified atom stereocenters. The van der Waals surface area contributed by atoms with Crippen molar-refractivity contribution in [3.63, 3.8) is 0 Å². The van der Waals surface area contributed by atoms with Gasteiger partial charge in [0.25, 0.3) is 0 Å². The smallest absolute Gasteiger partial charge is 0.243 e. The highest BCUT2D eigenvalue weighted by atomic mass is 32.2. The van der Waals surface area contributed by atoms with E-state index in [1.54, 1.807) is 10.9 Å². The summed E-state index contributed by atoms with van der Waals surface area (Å²) < 4.78 is 29.0. The predicted molar refractivity (Wildman–Crippen MR) is 81.6 cm³/mol. The van der Waals surface area contributed by atoms with Gasteiger partial charge in [-0.2, -0.15) is 5.10 Å². The van der Waals surface area contributed by atoms with Crippen molar-refractivity contribution in [3.8, 4) is 0 Å². The first-order valence-electron chi connectivity index (χ1n) is 7.45. The maximum Gasteiger partial charge on any atom is 0.243 e. The Labute approximate surface area is 126 Å². The lowest BCUT2D eigenvalue weighted by Gasteiger charge is -2.12. The highest BCUT2D eigenvalue weighted by molar-refractivity contribution is 7.89. The van der Waals surface area contributed by atoms with Gasteiger partial charge in [0.1, 0.15) is 4.90 Å². The second kappa shape index (κ2) is 7.35. The molecule has 0 aliphatic carbocycles. The molecule has 1 saturated heterocycles. The van der Waals surface area contributed by atoms with Crippen LogP contribution < -0.4 is 10.0 Å². The number of sulfonamides is 1. The topological polar surface area (TPSA) is 79.3 Å². The van der Waals surface area contributed by atoms with Crippen LogP contribution in [0, 0.1) is 0 Å². The van der Waals surface area contributed by atoms with Gasteiger partial charge in [-0.1, -0.05) is 6.92 Å². The fraction of sp³-hybridized carbons (Fsp3) is 0.769. The molecule has 120 valence electrons. The van der Waals surface area contributed by atoms with Crippen LogP contribution in [0.1, 0.15) is 19.8 Å². The van der Waals surface area contributed by atoms with Gasteiger partial charge in [0.15, 0.2) is 0 Å². The minimum Gasteiger partial charge on any atom is -0.317 e. The van der Waals surface area contributed by atoms with Crippen LogP contribution >= 0.6 is 0 Å². The van der Waals surface area contributed by atoms with Gasteiger partial charge < -0.3 is 10.2 Å². The summed E-state index contributed by atoms with van der Waals surface area (Å²) in [6.07, 6.45) is 4.81. The molecule has 1 atom stereocenters. The third-order valence-corrected chi connectivity index (χ3v) is 5.10. The lowest BCUT2D eigenvalue weighted by molar-refractivity contribution is 0.407. The van der Waals surface area contributed by atoms with E-state index in [0.29, 0.717) is 6.54 Å². The molecule has 0 saturated carbocycles. The Balaban J connectivity index is 1.89. The Morgan fingerprint density at radius 1 is 1.48 bits per heavy atom. The molecule has 0 amide bonds. The molecule has 2 heterocycles. The molecule has 0 aromatic carbocycles. The predicted octanol–water partition coefficient (Wildman–Crippen LogP) is -0.135. The molecule has 0 spiro atoms. The fourth-order valence-electron chi connectivity index (χ4n) is 2.47. The van der Waals surface area contributed by atoms with Gasteiger partial charge in [-0.25, -0.2) is 13.1 Å². The van der Waals surface area contributed by atoms with Crippen molar-refractivity contribution in [1.82, 2.24) is 24.7 Å². The number of likely N-dealkylation sites (tertiary alicyclic amines) is 1. The molecule has 2 N–H and O–H groups in total. The molecule has 1 aliphatic heterocycles. The quantitative estimate of drug-likeness (QED) is 0.653. The van der Waals surface area contributed by atoms with E-state index in [1.807, 2.05) is 7.05 Å². The Morgan fingerprint density at radius 2 is 2.29 bits per heavy atom. The van der Waals surface area contributed by atoms with Crippen LogP contribution in [0.5, 0.6) is 0 Å². The second-order valence-electron chi connectivity index (χ2n) is 5.52. The summed E-state index contributed by atoms with van der Waals surface area (Å²) >= 11 is 0. The average molecular weight is 315 g/mol. The Morgan fingerprint density at radius 3 is 2.95 bits per heavy atom. The van der Waals surface area contributed by atoms with E-state index in [1.165, 1.54) is 6.20 Å². The van der Waals surface area contributed by atoms with E-state index in [9.17, 15) is 8.42 Å². The van der Waals surface area contributed by atoms with Crippen LogP contribution in [-0.2, 0) is 16.6 Å². The fourth-order valence-corrected chi connectivity index (χ4v) is 3.68. The monoisotopic (exact) mass is 315 g/mol. The molecular formula is C13H25N5O2S. The summed E-state index contributed by atoms with van der Waals surface area (Å²) in [6, 6.07) is -0.00268. The molecule has 0 radical (unpaired) electrons. The Bertz CT molecular complexity index is 543. The van der Waals surface area contributed by atoms with E-state index >= 15 is 0 Å². The number of nitrogens with one attached hydrogen (secondary N) is 2. The lowest BCUT2D eigenvalue weighted by atomic mass is 10.3. The third-order valence-electron chi connectivity index (χ3n) is 3.62. The van der Waals surface area contributed by atoms with Crippen LogP contribution in [0.4, 0.5) is 0 Å². The molecular weight excluding hydrogens is 290 g/mol. The number of hydrogen-bond acceptors (Lipinski definition) is 5. The van der Waals surface area contributed by atoms with Gasteiger partial charge in [0.2, 0.25) is 10.0 Å². The highest BCUT2D eigenvalue weighted by Crippen LogP contribution is 2.12. The number of nitrogens with zero attached hydrogens (tertiary/aromatic N) is 3. The zero-order chi connectivity index (χ0) is 15.3. The van der Waals surface area contributed by atoms with Crippen molar-refractivity contribution in [1.29, 1.82) is 0 Å². The van der Waals surface area contributed by atoms with E-state index in [2.05, 4.69) is 27.0 Å².